The van der Waals surface area contributed by atoms with Crippen LogP contribution >= 0.6 is 38.9 Å². The second-order valence-corrected chi connectivity index (χ2v) is 7.17. The van der Waals surface area contributed by atoms with E-state index in [1.165, 1.54) is 4.88 Å². The highest BCUT2D eigenvalue weighted by Crippen LogP contribution is 2.43. The van der Waals surface area contributed by atoms with Crippen LogP contribution in [0.2, 0.25) is 0 Å². The number of methoxy groups -OCH3 is 1. The maximum Gasteiger partial charge on any atom is 0.127 e. The normalized spacial score (nSPS) is 12.5. The van der Waals surface area contributed by atoms with Gasteiger partial charge in [0, 0.05) is 19.8 Å². The first kappa shape index (κ1) is 14.9. The third-order valence-electron chi connectivity index (χ3n) is 3.18. The summed E-state index contributed by atoms with van der Waals surface area (Å²) in [5, 5.41) is -0.176. The van der Waals surface area contributed by atoms with Crippen LogP contribution in [0, 0.1) is 20.8 Å². The van der Waals surface area contributed by atoms with Crippen LogP contribution < -0.4 is 4.74 Å². The molecule has 1 atom stereocenters. The first-order valence-electron chi connectivity index (χ1n) is 5.99. The number of aryl methyl sites for hydroxylation is 2. The molecule has 0 N–H and O–H groups in total. The van der Waals surface area contributed by atoms with E-state index in [0.717, 1.165) is 31.8 Å². The molecular weight excluding hydrogens is 344 g/mol. The zero-order valence-electron chi connectivity index (χ0n) is 11.4. The molecule has 0 amide bonds. The molecule has 2 rings (SSSR count). The molecule has 0 aliphatic heterocycles. The Hall–Kier alpha value is -0.510. The SMILES string of the molecule is COc1c(C)cc(Br)c(C)c1C(Cl)c1ccc(C)s1. The van der Waals surface area contributed by atoms with Crippen molar-refractivity contribution in [2.45, 2.75) is 26.1 Å². The number of halogens is 2. The molecule has 0 fully saturated rings. The second-order valence-electron chi connectivity index (χ2n) is 4.56. The highest BCUT2D eigenvalue weighted by Gasteiger charge is 2.22. The molecule has 0 bridgehead atoms. The lowest BCUT2D eigenvalue weighted by Crippen LogP contribution is -2.02. The minimum absolute atomic E-state index is 0.176. The Balaban J connectivity index is 2.60. The molecule has 102 valence electrons. The summed E-state index contributed by atoms with van der Waals surface area (Å²) in [7, 11) is 1.70. The molecule has 4 heteroatoms. The number of hydrogen-bond acceptors (Lipinski definition) is 2. The first-order chi connectivity index (χ1) is 8.95. The average Bonchev–Trinajstić information content (AvgIpc) is 2.79. The molecule has 0 spiro atoms. The standard InChI is InChI=1S/C15H16BrClOS/c1-8-7-11(16)10(3)13(15(8)18-4)14(17)12-6-5-9(2)19-12/h5-7,14H,1-4H3. The van der Waals surface area contributed by atoms with Gasteiger partial charge in [-0.3, -0.25) is 0 Å². The predicted octanol–water partition coefficient (Wildman–Crippen LogP) is 5.77. The van der Waals surface area contributed by atoms with Gasteiger partial charge < -0.3 is 4.74 Å². The Morgan fingerprint density at radius 1 is 1.26 bits per heavy atom. The van der Waals surface area contributed by atoms with Gasteiger partial charge in [0.2, 0.25) is 0 Å². The fourth-order valence-corrected chi connectivity index (χ4v) is 4.07. The average molecular weight is 360 g/mol. The van der Waals surface area contributed by atoms with Crippen molar-refractivity contribution in [3.8, 4) is 5.75 Å². The summed E-state index contributed by atoms with van der Waals surface area (Å²) in [5.41, 5.74) is 3.28. The van der Waals surface area contributed by atoms with E-state index in [2.05, 4.69) is 48.0 Å². The van der Waals surface area contributed by atoms with Gasteiger partial charge in [0.15, 0.2) is 0 Å². The van der Waals surface area contributed by atoms with Gasteiger partial charge in [-0.25, -0.2) is 0 Å². The number of benzene rings is 1. The molecule has 1 aromatic carbocycles. The van der Waals surface area contributed by atoms with E-state index < -0.39 is 0 Å². The summed E-state index contributed by atoms with van der Waals surface area (Å²) in [6.07, 6.45) is 0. The van der Waals surface area contributed by atoms with Crippen molar-refractivity contribution in [3.63, 3.8) is 0 Å². The van der Waals surface area contributed by atoms with Gasteiger partial charge in [0.1, 0.15) is 5.75 Å². The van der Waals surface area contributed by atoms with E-state index in [1.807, 2.05) is 6.92 Å². The Labute approximate surface area is 131 Å². The topological polar surface area (TPSA) is 9.23 Å². The van der Waals surface area contributed by atoms with Gasteiger partial charge in [-0.15, -0.1) is 22.9 Å². The lowest BCUT2D eigenvalue weighted by Gasteiger charge is -2.19. The van der Waals surface area contributed by atoms with Crippen LogP contribution in [0.15, 0.2) is 22.7 Å². The molecule has 1 aromatic heterocycles. The van der Waals surface area contributed by atoms with Crippen LogP contribution in [-0.2, 0) is 0 Å². The van der Waals surface area contributed by atoms with Crippen LogP contribution in [0.5, 0.6) is 5.75 Å². The third-order valence-corrected chi connectivity index (χ3v) is 5.65. The highest BCUT2D eigenvalue weighted by molar-refractivity contribution is 9.10. The van der Waals surface area contributed by atoms with E-state index >= 15 is 0 Å². The smallest absolute Gasteiger partial charge is 0.127 e. The van der Waals surface area contributed by atoms with E-state index in [0.29, 0.717) is 0 Å². The van der Waals surface area contributed by atoms with Crippen LogP contribution in [0.4, 0.5) is 0 Å². The van der Waals surface area contributed by atoms with E-state index in [4.69, 9.17) is 16.3 Å². The van der Waals surface area contributed by atoms with Crippen molar-refractivity contribution >= 4 is 38.9 Å². The summed E-state index contributed by atoms with van der Waals surface area (Å²) in [6.45, 7) is 6.20. The van der Waals surface area contributed by atoms with Gasteiger partial charge in [0.25, 0.3) is 0 Å². The van der Waals surface area contributed by atoms with Crippen LogP contribution in [-0.4, -0.2) is 7.11 Å². The Morgan fingerprint density at radius 3 is 2.47 bits per heavy atom. The van der Waals surface area contributed by atoms with Gasteiger partial charge >= 0.3 is 0 Å². The van der Waals surface area contributed by atoms with E-state index in [9.17, 15) is 0 Å². The van der Waals surface area contributed by atoms with Crippen molar-refractivity contribution in [1.82, 2.24) is 0 Å². The molecule has 0 aliphatic rings. The van der Waals surface area contributed by atoms with Crippen LogP contribution in [0.1, 0.15) is 31.8 Å². The summed E-state index contributed by atoms with van der Waals surface area (Å²) in [4.78, 5) is 2.42. The first-order valence-corrected chi connectivity index (χ1v) is 8.04. The maximum atomic E-state index is 6.69. The van der Waals surface area contributed by atoms with E-state index in [1.54, 1.807) is 18.4 Å². The Bertz CT molecular complexity index is 606. The van der Waals surface area contributed by atoms with Gasteiger partial charge in [-0.2, -0.15) is 0 Å². The molecule has 0 saturated heterocycles. The summed E-state index contributed by atoms with van der Waals surface area (Å²) >= 11 is 12.0. The summed E-state index contributed by atoms with van der Waals surface area (Å²) in [6, 6.07) is 6.26. The fraction of sp³-hybridized carbons (Fsp3) is 0.333. The van der Waals surface area contributed by atoms with Crippen molar-refractivity contribution in [2.24, 2.45) is 0 Å². The quantitative estimate of drug-likeness (QED) is 0.632. The minimum Gasteiger partial charge on any atom is -0.496 e. The molecule has 1 nitrogen and oxygen atoms in total. The predicted molar refractivity (Wildman–Crippen MR) is 86.9 cm³/mol. The number of thiophene rings is 1. The lowest BCUT2D eigenvalue weighted by atomic mass is 10.00. The van der Waals surface area contributed by atoms with Gasteiger partial charge in [-0.05, 0) is 50.1 Å². The number of rotatable bonds is 3. The summed E-state index contributed by atoms with van der Waals surface area (Å²) in [5.74, 6) is 0.881. The highest BCUT2D eigenvalue weighted by atomic mass is 79.9. The van der Waals surface area contributed by atoms with Gasteiger partial charge in [-0.1, -0.05) is 15.9 Å². The summed E-state index contributed by atoms with van der Waals surface area (Å²) < 4.78 is 6.63. The van der Waals surface area contributed by atoms with Crippen molar-refractivity contribution < 1.29 is 4.74 Å². The molecule has 0 radical (unpaired) electrons. The molecule has 0 saturated carbocycles. The molecule has 1 unspecified atom stereocenters. The maximum absolute atomic E-state index is 6.69. The van der Waals surface area contributed by atoms with Crippen molar-refractivity contribution in [2.75, 3.05) is 7.11 Å². The zero-order valence-corrected chi connectivity index (χ0v) is 14.5. The third kappa shape index (κ3) is 2.83. The number of alkyl halides is 1. The van der Waals surface area contributed by atoms with Crippen molar-refractivity contribution in [1.29, 1.82) is 0 Å². The van der Waals surface area contributed by atoms with E-state index in [-0.39, 0.29) is 5.38 Å². The van der Waals surface area contributed by atoms with Crippen molar-refractivity contribution in [3.05, 3.63) is 49.1 Å². The number of ether oxygens (including phenoxy) is 1. The molecular formula is C15H16BrClOS. The Morgan fingerprint density at radius 2 is 1.95 bits per heavy atom. The zero-order chi connectivity index (χ0) is 14.2. The van der Waals surface area contributed by atoms with Gasteiger partial charge in [0.05, 0.1) is 12.5 Å². The van der Waals surface area contributed by atoms with Crippen LogP contribution in [0.25, 0.3) is 0 Å². The molecule has 1 heterocycles. The molecule has 0 aliphatic carbocycles. The van der Waals surface area contributed by atoms with Crippen LogP contribution in [0.3, 0.4) is 0 Å². The fourth-order valence-electron chi connectivity index (χ4n) is 2.18. The Kier molecular flexibility index (Phi) is 4.59. The second kappa shape index (κ2) is 5.86. The lowest BCUT2D eigenvalue weighted by molar-refractivity contribution is 0.406. The minimum atomic E-state index is -0.176. The monoisotopic (exact) mass is 358 g/mol. The number of hydrogen-bond donors (Lipinski definition) is 0. The molecule has 19 heavy (non-hydrogen) atoms. The largest absolute Gasteiger partial charge is 0.496 e. The molecule has 2 aromatic rings.